The molecule has 1 saturated carbocycles. The number of aliphatic hydroxyl groups is 1. The first kappa shape index (κ1) is 14.3. The van der Waals surface area contributed by atoms with Crippen molar-refractivity contribution in [1.82, 2.24) is 10.2 Å². The molecule has 1 amide bonds. The monoisotopic (exact) mass is 284 g/mol. The largest absolute Gasteiger partial charge is 0.388 e. The lowest BCUT2D eigenvalue weighted by Crippen LogP contribution is -2.38. The van der Waals surface area contributed by atoms with E-state index in [1.807, 2.05) is 19.0 Å². The maximum atomic E-state index is 11.8. The lowest BCUT2D eigenvalue weighted by atomic mass is 10.1. The molecule has 5 atom stereocenters. The molecule has 3 aliphatic rings. The topological polar surface area (TPSA) is 71.0 Å². The van der Waals surface area contributed by atoms with Crippen LogP contribution in [0.3, 0.4) is 0 Å². The van der Waals surface area contributed by atoms with E-state index in [4.69, 9.17) is 9.47 Å². The molecule has 2 N–H and O–H groups in total. The Morgan fingerprint density at radius 1 is 1.35 bits per heavy atom. The maximum Gasteiger partial charge on any atom is 0.222 e. The molecule has 1 aliphatic carbocycles. The molecule has 6 heteroatoms. The van der Waals surface area contributed by atoms with Crippen molar-refractivity contribution in [2.45, 2.75) is 62.2 Å². The second kappa shape index (κ2) is 5.60. The van der Waals surface area contributed by atoms with Crippen LogP contribution in [0.5, 0.6) is 0 Å². The number of hydrogen-bond acceptors (Lipinski definition) is 5. The van der Waals surface area contributed by atoms with Crippen molar-refractivity contribution in [3.05, 3.63) is 0 Å². The van der Waals surface area contributed by atoms with Crippen LogP contribution in [0.2, 0.25) is 0 Å². The first-order valence-electron chi connectivity index (χ1n) is 7.46. The third kappa shape index (κ3) is 3.14. The van der Waals surface area contributed by atoms with Crippen molar-refractivity contribution < 1.29 is 19.4 Å². The average Bonchev–Trinajstić information content (AvgIpc) is 3.00. The summed E-state index contributed by atoms with van der Waals surface area (Å²) in [5.41, 5.74) is 0. The van der Waals surface area contributed by atoms with Crippen molar-refractivity contribution >= 4 is 5.91 Å². The number of amides is 1. The van der Waals surface area contributed by atoms with Gasteiger partial charge in [-0.1, -0.05) is 0 Å². The lowest BCUT2D eigenvalue weighted by molar-refractivity contribution is -0.124. The van der Waals surface area contributed by atoms with Gasteiger partial charge in [-0.3, -0.25) is 4.79 Å². The van der Waals surface area contributed by atoms with E-state index in [2.05, 4.69) is 5.32 Å². The van der Waals surface area contributed by atoms with Crippen molar-refractivity contribution in [3.8, 4) is 0 Å². The molecular weight excluding hydrogens is 260 g/mol. The molecule has 0 unspecified atom stereocenters. The van der Waals surface area contributed by atoms with Crippen LogP contribution in [0.15, 0.2) is 0 Å². The van der Waals surface area contributed by atoms with Crippen molar-refractivity contribution in [2.75, 3.05) is 20.6 Å². The van der Waals surface area contributed by atoms with Crippen LogP contribution in [0.1, 0.15) is 25.7 Å². The zero-order chi connectivity index (χ0) is 14.3. The molecule has 3 fully saturated rings. The summed E-state index contributed by atoms with van der Waals surface area (Å²) in [6.45, 7) is 0.685. The van der Waals surface area contributed by atoms with Gasteiger partial charge in [0.25, 0.3) is 0 Å². The Kier molecular flexibility index (Phi) is 3.99. The SMILES string of the molecule is CN(C)C[C@H]1O[C@@H]2C[C@@H](CC(=O)NC3CC3)O[C@@H]2[C@@H]1O. The predicted octanol–water partition coefficient (Wildman–Crippen LogP) is -0.497. The van der Waals surface area contributed by atoms with E-state index in [0.717, 1.165) is 12.8 Å². The van der Waals surface area contributed by atoms with Crippen LogP contribution in [0, 0.1) is 0 Å². The Morgan fingerprint density at radius 2 is 2.10 bits per heavy atom. The maximum absolute atomic E-state index is 11.8. The Hall–Kier alpha value is -0.690. The summed E-state index contributed by atoms with van der Waals surface area (Å²) in [5, 5.41) is 13.2. The van der Waals surface area contributed by atoms with E-state index in [1.165, 1.54) is 0 Å². The first-order chi connectivity index (χ1) is 9.52. The number of hydrogen-bond donors (Lipinski definition) is 2. The van der Waals surface area contributed by atoms with Gasteiger partial charge in [-0.05, 0) is 26.9 Å². The average molecular weight is 284 g/mol. The third-order valence-electron chi connectivity index (χ3n) is 4.18. The van der Waals surface area contributed by atoms with E-state index >= 15 is 0 Å². The molecule has 0 aromatic heterocycles. The molecule has 2 aliphatic heterocycles. The molecule has 2 heterocycles. The molecule has 0 aromatic rings. The van der Waals surface area contributed by atoms with Crippen molar-refractivity contribution in [1.29, 1.82) is 0 Å². The van der Waals surface area contributed by atoms with Gasteiger partial charge in [0.15, 0.2) is 0 Å². The Balaban J connectivity index is 1.47. The van der Waals surface area contributed by atoms with E-state index in [0.29, 0.717) is 25.4 Å². The number of rotatable bonds is 5. The number of nitrogens with zero attached hydrogens (tertiary/aromatic N) is 1. The quantitative estimate of drug-likeness (QED) is 0.712. The molecule has 0 radical (unpaired) electrons. The summed E-state index contributed by atoms with van der Waals surface area (Å²) in [6.07, 6.45) is 1.99. The molecule has 114 valence electrons. The van der Waals surface area contributed by atoms with E-state index in [9.17, 15) is 9.90 Å². The zero-order valence-electron chi connectivity index (χ0n) is 12.1. The van der Waals surface area contributed by atoms with Crippen LogP contribution in [-0.4, -0.2) is 73.1 Å². The molecule has 0 aromatic carbocycles. The molecule has 0 bridgehead atoms. The zero-order valence-corrected chi connectivity index (χ0v) is 12.1. The molecule has 3 rings (SSSR count). The number of carbonyl (C=O) groups is 1. The summed E-state index contributed by atoms with van der Waals surface area (Å²) in [5.74, 6) is 0.0526. The highest BCUT2D eigenvalue weighted by Crippen LogP contribution is 2.35. The van der Waals surface area contributed by atoms with Crippen molar-refractivity contribution in [2.24, 2.45) is 0 Å². The van der Waals surface area contributed by atoms with E-state index in [1.54, 1.807) is 0 Å². The van der Waals surface area contributed by atoms with Gasteiger partial charge >= 0.3 is 0 Å². The number of nitrogens with one attached hydrogen (secondary N) is 1. The van der Waals surface area contributed by atoms with Crippen molar-refractivity contribution in [3.63, 3.8) is 0 Å². The fourth-order valence-corrected chi connectivity index (χ4v) is 3.07. The normalized spacial score (nSPS) is 40.1. The van der Waals surface area contributed by atoms with Gasteiger partial charge in [0.1, 0.15) is 12.2 Å². The highest BCUT2D eigenvalue weighted by atomic mass is 16.6. The molecular formula is C14H24N2O4. The summed E-state index contributed by atoms with van der Waals surface area (Å²) in [4.78, 5) is 13.8. The number of fused-ring (bicyclic) bond motifs is 1. The van der Waals surface area contributed by atoms with Crippen LogP contribution in [0.4, 0.5) is 0 Å². The van der Waals surface area contributed by atoms with Gasteiger partial charge in [-0.15, -0.1) is 0 Å². The molecule has 6 nitrogen and oxygen atoms in total. The molecule has 20 heavy (non-hydrogen) atoms. The van der Waals surface area contributed by atoms with Crippen LogP contribution >= 0.6 is 0 Å². The highest BCUT2D eigenvalue weighted by molar-refractivity contribution is 5.77. The Morgan fingerprint density at radius 3 is 2.70 bits per heavy atom. The van der Waals surface area contributed by atoms with Gasteiger partial charge in [-0.2, -0.15) is 0 Å². The minimum Gasteiger partial charge on any atom is -0.388 e. The van der Waals surface area contributed by atoms with Crippen LogP contribution in [0.25, 0.3) is 0 Å². The molecule has 0 spiro atoms. The van der Waals surface area contributed by atoms with Gasteiger partial charge in [0.2, 0.25) is 5.91 Å². The van der Waals surface area contributed by atoms with Gasteiger partial charge < -0.3 is 24.8 Å². The second-order valence-electron chi connectivity index (χ2n) is 6.47. The number of aliphatic hydroxyl groups excluding tert-OH is 1. The standard InChI is InChI=1S/C14H24N2O4/c1-16(2)7-11-13(18)14-10(20-11)5-9(19-14)6-12(17)15-8-3-4-8/h8-11,13-14,18H,3-7H2,1-2H3,(H,15,17)/t9-,10+,11+,13+,14-/m0/s1. The Bertz CT molecular complexity index is 372. The summed E-state index contributed by atoms with van der Waals surface area (Å²) in [6, 6.07) is 0.384. The van der Waals surface area contributed by atoms with Gasteiger partial charge in [-0.25, -0.2) is 0 Å². The highest BCUT2D eigenvalue weighted by Gasteiger charge is 2.50. The first-order valence-corrected chi connectivity index (χ1v) is 7.46. The second-order valence-corrected chi connectivity index (χ2v) is 6.47. The minimum atomic E-state index is -0.598. The molecule has 2 saturated heterocycles. The van der Waals surface area contributed by atoms with Gasteiger partial charge in [0.05, 0.1) is 24.7 Å². The Labute approximate surface area is 119 Å². The lowest BCUT2D eigenvalue weighted by Gasteiger charge is -2.22. The summed E-state index contributed by atoms with van der Waals surface area (Å²) in [7, 11) is 3.91. The smallest absolute Gasteiger partial charge is 0.222 e. The van der Waals surface area contributed by atoms with E-state index in [-0.39, 0.29) is 30.3 Å². The minimum absolute atomic E-state index is 0.0526. The predicted molar refractivity (Wildman–Crippen MR) is 72.3 cm³/mol. The summed E-state index contributed by atoms with van der Waals surface area (Å²) < 4.78 is 11.7. The van der Waals surface area contributed by atoms with Crippen LogP contribution < -0.4 is 5.32 Å². The number of ether oxygens (including phenoxy) is 2. The number of likely N-dealkylation sites (N-methyl/N-ethyl adjacent to an activating group) is 1. The third-order valence-corrected chi connectivity index (χ3v) is 4.18. The fraction of sp³-hybridized carbons (Fsp3) is 0.929. The van der Waals surface area contributed by atoms with Gasteiger partial charge in [0, 0.05) is 19.0 Å². The van der Waals surface area contributed by atoms with Crippen LogP contribution in [-0.2, 0) is 14.3 Å². The fourth-order valence-electron chi connectivity index (χ4n) is 3.07. The summed E-state index contributed by atoms with van der Waals surface area (Å²) >= 11 is 0. The number of carbonyl (C=O) groups excluding carboxylic acids is 1. The van der Waals surface area contributed by atoms with E-state index < -0.39 is 6.10 Å².